The smallest absolute Gasteiger partial charge is 0.180 e. The second-order valence-electron chi connectivity index (χ2n) is 5.07. The van der Waals surface area contributed by atoms with Gasteiger partial charge in [0.2, 0.25) is 0 Å². The maximum Gasteiger partial charge on any atom is 0.180 e. The third-order valence-corrected chi connectivity index (χ3v) is 4.72. The van der Waals surface area contributed by atoms with Crippen LogP contribution in [-0.2, 0) is 12.6 Å². The number of nitrogens with zero attached hydrogens (tertiary/aromatic N) is 4. The van der Waals surface area contributed by atoms with Gasteiger partial charge in [-0.05, 0) is 33.0 Å². The molecule has 0 saturated carbocycles. The van der Waals surface area contributed by atoms with Gasteiger partial charge in [0.1, 0.15) is 10.5 Å². The summed E-state index contributed by atoms with van der Waals surface area (Å²) in [7, 11) is 1.94. The summed E-state index contributed by atoms with van der Waals surface area (Å²) in [5, 5.41) is 7.46. The van der Waals surface area contributed by atoms with Crippen LogP contribution < -0.4 is 0 Å². The van der Waals surface area contributed by atoms with Crippen molar-refractivity contribution in [3.05, 3.63) is 27.0 Å². The number of H-pyrrole nitrogens is 1. The summed E-state index contributed by atoms with van der Waals surface area (Å²) in [6.45, 7) is 6.23. The van der Waals surface area contributed by atoms with E-state index in [0.717, 1.165) is 21.9 Å². The van der Waals surface area contributed by atoms with Crippen LogP contribution in [0.1, 0.15) is 24.5 Å². The molecule has 19 heavy (non-hydrogen) atoms. The van der Waals surface area contributed by atoms with Crippen molar-refractivity contribution in [1.82, 2.24) is 24.3 Å². The summed E-state index contributed by atoms with van der Waals surface area (Å²) < 4.78 is 4.66. The normalized spacial score (nSPS) is 12.4. The second-order valence-corrected chi connectivity index (χ2v) is 6.35. The fourth-order valence-corrected chi connectivity index (χ4v) is 3.62. The van der Waals surface area contributed by atoms with Crippen LogP contribution in [0.15, 0.2) is 11.6 Å². The van der Waals surface area contributed by atoms with Gasteiger partial charge in [0.15, 0.2) is 10.4 Å². The average molecular weight is 293 g/mol. The van der Waals surface area contributed by atoms with E-state index in [1.807, 2.05) is 30.2 Å². The van der Waals surface area contributed by atoms with E-state index in [-0.39, 0.29) is 5.54 Å². The van der Waals surface area contributed by atoms with E-state index in [4.69, 9.17) is 12.2 Å². The van der Waals surface area contributed by atoms with Crippen LogP contribution in [0.3, 0.4) is 0 Å². The van der Waals surface area contributed by atoms with Gasteiger partial charge in [0.25, 0.3) is 0 Å². The van der Waals surface area contributed by atoms with Gasteiger partial charge < -0.3 is 4.98 Å². The van der Waals surface area contributed by atoms with Crippen LogP contribution in [0.5, 0.6) is 0 Å². The van der Waals surface area contributed by atoms with Crippen molar-refractivity contribution < 1.29 is 0 Å². The lowest BCUT2D eigenvalue weighted by molar-refractivity contribution is 0.433. The van der Waals surface area contributed by atoms with Gasteiger partial charge in [-0.1, -0.05) is 0 Å². The molecule has 100 valence electrons. The molecule has 3 aromatic heterocycles. The van der Waals surface area contributed by atoms with Crippen LogP contribution in [0, 0.1) is 11.7 Å². The van der Waals surface area contributed by atoms with E-state index >= 15 is 0 Å². The fourth-order valence-electron chi connectivity index (χ4n) is 2.45. The van der Waals surface area contributed by atoms with Crippen molar-refractivity contribution in [3.63, 3.8) is 0 Å². The van der Waals surface area contributed by atoms with Crippen LogP contribution in [-0.4, -0.2) is 24.3 Å². The highest BCUT2D eigenvalue weighted by molar-refractivity contribution is 7.71. The van der Waals surface area contributed by atoms with E-state index in [1.54, 1.807) is 11.3 Å². The topological polar surface area (TPSA) is 51.4 Å². The highest BCUT2D eigenvalue weighted by atomic mass is 32.1. The molecule has 0 bridgehead atoms. The summed E-state index contributed by atoms with van der Waals surface area (Å²) in [5.41, 5.74) is 2.65. The lowest BCUT2D eigenvalue weighted by Crippen LogP contribution is -2.28. The van der Waals surface area contributed by atoms with Gasteiger partial charge in [-0.15, -0.1) is 11.3 Å². The number of hydrogen-bond donors (Lipinski definition) is 1. The Balaban J connectivity index is 2.37. The number of rotatable bonds is 2. The molecule has 0 aliphatic rings. The number of imidazole rings is 1. The molecule has 0 aromatic carbocycles. The van der Waals surface area contributed by atoms with Crippen molar-refractivity contribution in [2.75, 3.05) is 0 Å². The van der Waals surface area contributed by atoms with Crippen molar-refractivity contribution >= 4 is 34.7 Å². The van der Waals surface area contributed by atoms with Gasteiger partial charge in [-0.2, -0.15) is 5.10 Å². The molecule has 0 atom stereocenters. The summed E-state index contributed by atoms with van der Waals surface area (Å²) >= 11 is 7.13. The summed E-state index contributed by atoms with van der Waals surface area (Å²) in [5.74, 6) is 0. The molecule has 1 N–H and O–H groups in total. The second kappa shape index (κ2) is 4.01. The first-order valence-corrected chi connectivity index (χ1v) is 7.26. The Hall–Kier alpha value is -1.47. The summed E-state index contributed by atoms with van der Waals surface area (Å²) in [6.07, 6.45) is 1.82. The molecule has 0 radical (unpaired) electrons. The highest BCUT2D eigenvalue weighted by Gasteiger charge is 2.30. The summed E-state index contributed by atoms with van der Waals surface area (Å²) in [6, 6.07) is 0. The van der Waals surface area contributed by atoms with E-state index in [2.05, 4.69) is 33.5 Å². The van der Waals surface area contributed by atoms with Crippen molar-refractivity contribution in [2.24, 2.45) is 7.05 Å². The molecule has 3 rings (SSSR count). The standard InChI is InChI=1S/C12H15N5S2/c1-7-8-9(16(4)15-7)17(11(18)14-8)12(2,3)10-13-5-6-19-10/h5-6H,1-4H3,(H,14,18). The molecular formula is C12H15N5S2. The van der Waals surface area contributed by atoms with Crippen molar-refractivity contribution in [3.8, 4) is 0 Å². The van der Waals surface area contributed by atoms with E-state index in [1.165, 1.54) is 0 Å². The predicted octanol–water partition coefficient (Wildman–Crippen LogP) is 2.98. The molecule has 5 nitrogen and oxygen atoms in total. The maximum absolute atomic E-state index is 5.49. The highest BCUT2D eigenvalue weighted by Crippen LogP contribution is 2.31. The molecule has 0 amide bonds. The number of aryl methyl sites for hydroxylation is 2. The minimum Gasteiger partial charge on any atom is -0.328 e. The quantitative estimate of drug-likeness (QED) is 0.739. The number of nitrogens with one attached hydrogen (secondary N) is 1. The Bertz CT molecular complexity index is 788. The number of aromatic nitrogens is 5. The largest absolute Gasteiger partial charge is 0.328 e. The third-order valence-electron chi connectivity index (χ3n) is 3.35. The molecule has 0 spiro atoms. The van der Waals surface area contributed by atoms with Gasteiger partial charge in [0.05, 0.1) is 11.2 Å². The van der Waals surface area contributed by atoms with E-state index in [9.17, 15) is 0 Å². The monoisotopic (exact) mass is 293 g/mol. The van der Waals surface area contributed by atoms with Gasteiger partial charge in [-0.25, -0.2) is 4.98 Å². The molecule has 0 unspecified atom stereocenters. The van der Waals surface area contributed by atoms with Crippen LogP contribution in [0.2, 0.25) is 0 Å². The minimum absolute atomic E-state index is 0.302. The molecule has 7 heteroatoms. The first-order valence-electron chi connectivity index (χ1n) is 5.97. The first kappa shape index (κ1) is 12.6. The van der Waals surface area contributed by atoms with Gasteiger partial charge in [-0.3, -0.25) is 9.25 Å². The Morgan fingerprint density at radius 3 is 2.79 bits per heavy atom. The molecule has 3 aromatic rings. The van der Waals surface area contributed by atoms with Crippen LogP contribution in [0.4, 0.5) is 0 Å². The minimum atomic E-state index is -0.302. The van der Waals surface area contributed by atoms with Crippen molar-refractivity contribution in [2.45, 2.75) is 26.3 Å². The lowest BCUT2D eigenvalue weighted by Gasteiger charge is -2.24. The lowest BCUT2D eigenvalue weighted by atomic mass is 10.1. The number of aromatic amines is 1. The SMILES string of the molecule is Cc1nn(C)c2c1[nH]c(=S)n2C(C)(C)c1nccs1. The van der Waals surface area contributed by atoms with Crippen LogP contribution in [0.25, 0.3) is 11.2 Å². The molecule has 0 saturated heterocycles. The Morgan fingerprint density at radius 1 is 1.42 bits per heavy atom. The molecule has 0 aliphatic heterocycles. The van der Waals surface area contributed by atoms with E-state index in [0.29, 0.717) is 4.77 Å². The fraction of sp³-hybridized carbons (Fsp3) is 0.417. The summed E-state index contributed by atoms with van der Waals surface area (Å²) in [4.78, 5) is 7.69. The van der Waals surface area contributed by atoms with Crippen molar-refractivity contribution in [1.29, 1.82) is 0 Å². The average Bonchev–Trinajstić information content (AvgIpc) is 2.98. The molecule has 3 heterocycles. The molecule has 0 fully saturated rings. The maximum atomic E-state index is 5.49. The number of thiazole rings is 1. The third kappa shape index (κ3) is 1.68. The Morgan fingerprint density at radius 2 is 2.16 bits per heavy atom. The molecular weight excluding hydrogens is 278 g/mol. The Labute approximate surface area is 119 Å². The number of hydrogen-bond acceptors (Lipinski definition) is 4. The van der Waals surface area contributed by atoms with Crippen LogP contribution >= 0.6 is 23.6 Å². The Kier molecular flexibility index (Phi) is 2.65. The zero-order chi connectivity index (χ0) is 13.8. The number of fused-ring (bicyclic) bond motifs is 1. The zero-order valence-corrected chi connectivity index (χ0v) is 12.9. The van der Waals surface area contributed by atoms with Gasteiger partial charge in [0, 0.05) is 18.6 Å². The first-order chi connectivity index (χ1) is 8.93. The van der Waals surface area contributed by atoms with E-state index < -0.39 is 0 Å². The van der Waals surface area contributed by atoms with Gasteiger partial charge >= 0.3 is 0 Å². The predicted molar refractivity (Wildman–Crippen MR) is 79.2 cm³/mol. The molecule has 0 aliphatic carbocycles. The zero-order valence-electron chi connectivity index (χ0n) is 11.3.